The maximum atomic E-state index is 11.4. The molecule has 0 aliphatic carbocycles. The molecule has 0 radical (unpaired) electrons. The smallest absolute Gasteiger partial charge is 0.270 e. The van der Waals surface area contributed by atoms with Crippen molar-refractivity contribution in [3.8, 4) is 0 Å². The molecule has 0 spiro atoms. The molecule has 5 heteroatoms. The van der Waals surface area contributed by atoms with Crippen LogP contribution in [0.25, 0.3) is 0 Å². The van der Waals surface area contributed by atoms with Crippen molar-refractivity contribution in [1.29, 1.82) is 0 Å². The summed E-state index contributed by atoms with van der Waals surface area (Å²) < 4.78 is 0. The number of nitrogens with zero attached hydrogens (tertiary/aromatic N) is 3. The summed E-state index contributed by atoms with van der Waals surface area (Å²) in [4.78, 5) is 11.4. The summed E-state index contributed by atoms with van der Waals surface area (Å²) in [6, 6.07) is -0.441. The van der Waals surface area contributed by atoms with Gasteiger partial charge in [-0.3, -0.25) is 4.79 Å². The number of hydrogen-bond donors (Lipinski definition) is 0. The molecule has 0 fully saturated rings. The molecule has 1 unspecified atom stereocenters. The van der Waals surface area contributed by atoms with Gasteiger partial charge in [0.25, 0.3) is 5.91 Å². The Morgan fingerprint density at radius 1 is 1.54 bits per heavy atom. The summed E-state index contributed by atoms with van der Waals surface area (Å²) in [5.74, 6) is 0.165. The van der Waals surface area contributed by atoms with Crippen molar-refractivity contribution in [3.05, 3.63) is 0 Å². The standard InChI is InChI=1S/C8H14ClN3O/c1-2-3-4-5-12-8(13)7(6-9)10-11-12/h7H,2-6H2,1H3. The Balaban J connectivity index is 2.29. The van der Waals surface area contributed by atoms with Crippen LogP contribution < -0.4 is 0 Å². The molecule has 0 aromatic heterocycles. The zero-order valence-corrected chi connectivity index (χ0v) is 8.50. The van der Waals surface area contributed by atoms with Crippen LogP contribution in [0.2, 0.25) is 0 Å². The third-order valence-electron chi connectivity index (χ3n) is 1.96. The normalized spacial score (nSPS) is 21.5. The van der Waals surface area contributed by atoms with Crippen LogP contribution in [0, 0.1) is 0 Å². The summed E-state index contributed by atoms with van der Waals surface area (Å²) >= 11 is 5.53. The van der Waals surface area contributed by atoms with E-state index in [0.29, 0.717) is 6.54 Å². The minimum Gasteiger partial charge on any atom is -0.270 e. The van der Waals surface area contributed by atoms with Crippen LogP contribution in [-0.2, 0) is 4.79 Å². The molecule has 1 heterocycles. The van der Waals surface area contributed by atoms with E-state index in [1.54, 1.807) is 0 Å². The zero-order chi connectivity index (χ0) is 9.68. The third-order valence-corrected chi connectivity index (χ3v) is 2.25. The Labute approximate surface area is 82.9 Å². The molecule has 74 valence electrons. The van der Waals surface area contributed by atoms with E-state index in [0.717, 1.165) is 19.3 Å². The molecule has 4 nitrogen and oxygen atoms in total. The number of amides is 1. The first-order valence-corrected chi connectivity index (χ1v) is 5.11. The molecule has 0 aromatic rings. The first-order chi connectivity index (χ1) is 6.29. The Bertz CT molecular complexity index is 208. The van der Waals surface area contributed by atoms with Crippen LogP contribution >= 0.6 is 11.6 Å². The van der Waals surface area contributed by atoms with Gasteiger partial charge >= 0.3 is 0 Å². The highest BCUT2D eigenvalue weighted by molar-refractivity contribution is 6.20. The highest BCUT2D eigenvalue weighted by atomic mass is 35.5. The van der Waals surface area contributed by atoms with E-state index in [1.807, 2.05) is 0 Å². The molecule has 0 saturated carbocycles. The monoisotopic (exact) mass is 203 g/mol. The largest absolute Gasteiger partial charge is 0.272 e. The highest BCUT2D eigenvalue weighted by Gasteiger charge is 2.28. The SMILES string of the molecule is CCCCCN1N=NC(CCl)C1=O. The van der Waals surface area contributed by atoms with Gasteiger partial charge in [-0.1, -0.05) is 25.0 Å². The number of alkyl halides is 1. The quantitative estimate of drug-likeness (QED) is 0.498. The van der Waals surface area contributed by atoms with Crippen molar-refractivity contribution in [2.24, 2.45) is 10.3 Å². The number of rotatable bonds is 5. The Hall–Kier alpha value is -0.640. The fourth-order valence-corrected chi connectivity index (χ4v) is 1.35. The van der Waals surface area contributed by atoms with Gasteiger partial charge in [-0.15, -0.1) is 11.6 Å². The topological polar surface area (TPSA) is 45.0 Å². The van der Waals surface area contributed by atoms with Gasteiger partial charge in [0.1, 0.15) is 0 Å². The minimum atomic E-state index is -0.441. The molecule has 0 N–H and O–H groups in total. The summed E-state index contributed by atoms with van der Waals surface area (Å²) in [6.07, 6.45) is 3.24. The molecule has 0 saturated heterocycles. The van der Waals surface area contributed by atoms with Crippen molar-refractivity contribution in [1.82, 2.24) is 5.01 Å². The molecule has 1 amide bonds. The number of carbonyl (C=O) groups is 1. The average molecular weight is 204 g/mol. The van der Waals surface area contributed by atoms with E-state index in [9.17, 15) is 4.79 Å². The second-order valence-electron chi connectivity index (χ2n) is 3.04. The lowest BCUT2D eigenvalue weighted by Crippen LogP contribution is -2.30. The van der Waals surface area contributed by atoms with E-state index in [1.165, 1.54) is 5.01 Å². The molecule has 0 aromatic carbocycles. The molecule has 1 aliphatic heterocycles. The van der Waals surface area contributed by atoms with Crippen molar-refractivity contribution >= 4 is 17.5 Å². The molecular weight excluding hydrogens is 190 g/mol. The van der Waals surface area contributed by atoms with Gasteiger partial charge in [-0.05, 0) is 6.42 Å². The van der Waals surface area contributed by atoms with Crippen molar-refractivity contribution < 1.29 is 4.79 Å². The van der Waals surface area contributed by atoms with Crippen molar-refractivity contribution in [3.63, 3.8) is 0 Å². The van der Waals surface area contributed by atoms with Crippen LogP contribution in [-0.4, -0.2) is 29.4 Å². The number of halogens is 1. The Morgan fingerprint density at radius 3 is 2.85 bits per heavy atom. The zero-order valence-electron chi connectivity index (χ0n) is 7.74. The van der Waals surface area contributed by atoms with Crippen molar-refractivity contribution in [2.75, 3.05) is 12.4 Å². The lowest BCUT2D eigenvalue weighted by atomic mass is 10.2. The lowest BCUT2D eigenvalue weighted by molar-refractivity contribution is -0.129. The predicted octanol–water partition coefficient (Wildman–Crippen LogP) is 1.99. The van der Waals surface area contributed by atoms with Crippen LogP contribution in [0.5, 0.6) is 0 Å². The molecule has 1 aliphatic rings. The van der Waals surface area contributed by atoms with E-state index in [4.69, 9.17) is 11.6 Å². The molecule has 1 rings (SSSR count). The fourth-order valence-electron chi connectivity index (χ4n) is 1.15. The predicted molar refractivity (Wildman–Crippen MR) is 50.6 cm³/mol. The summed E-state index contributed by atoms with van der Waals surface area (Å²) in [7, 11) is 0. The molecule has 0 bridgehead atoms. The van der Waals surface area contributed by atoms with Crippen molar-refractivity contribution in [2.45, 2.75) is 32.2 Å². The number of hydrogen-bond acceptors (Lipinski definition) is 3. The van der Waals surface area contributed by atoms with E-state index in [-0.39, 0.29) is 11.8 Å². The van der Waals surface area contributed by atoms with Crippen LogP contribution in [0.3, 0.4) is 0 Å². The maximum absolute atomic E-state index is 11.4. The van der Waals surface area contributed by atoms with Crippen LogP contribution in [0.1, 0.15) is 26.2 Å². The number of unbranched alkanes of at least 4 members (excludes halogenated alkanes) is 2. The summed E-state index contributed by atoms with van der Waals surface area (Å²) in [5.41, 5.74) is 0. The van der Waals surface area contributed by atoms with Gasteiger partial charge in [-0.2, -0.15) is 5.11 Å². The fraction of sp³-hybridized carbons (Fsp3) is 0.875. The Morgan fingerprint density at radius 2 is 2.31 bits per heavy atom. The third kappa shape index (κ3) is 2.66. The highest BCUT2D eigenvalue weighted by Crippen LogP contribution is 2.13. The number of carbonyl (C=O) groups excluding carboxylic acids is 1. The van der Waals surface area contributed by atoms with Gasteiger partial charge < -0.3 is 0 Å². The second kappa shape index (κ2) is 5.17. The average Bonchev–Trinajstić information content (AvgIpc) is 2.48. The maximum Gasteiger partial charge on any atom is 0.272 e. The van der Waals surface area contributed by atoms with Gasteiger partial charge in [-0.25, -0.2) is 5.01 Å². The van der Waals surface area contributed by atoms with E-state index >= 15 is 0 Å². The molecule has 1 atom stereocenters. The first kappa shape index (κ1) is 10.4. The molecular formula is C8H14ClN3O. The van der Waals surface area contributed by atoms with Gasteiger partial charge in [0.05, 0.1) is 5.88 Å². The lowest BCUT2D eigenvalue weighted by Gasteiger charge is -2.09. The second-order valence-corrected chi connectivity index (χ2v) is 3.35. The van der Waals surface area contributed by atoms with Crippen LogP contribution in [0.15, 0.2) is 10.3 Å². The minimum absolute atomic E-state index is 0.0638. The summed E-state index contributed by atoms with van der Waals surface area (Å²) in [5, 5.41) is 8.95. The first-order valence-electron chi connectivity index (χ1n) is 4.57. The van der Waals surface area contributed by atoms with Gasteiger partial charge in [0.15, 0.2) is 6.04 Å². The van der Waals surface area contributed by atoms with E-state index in [2.05, 4.69) is 17.3 Å². The molecule has 13 heavy (non-hydrogen) atoms. The van der Waals surface area contributed by atoms with Crippen LogP contribution in [0.4, 0.5) is 0 Å². The Kier molecular flexibility index (Phi) is 4.15. The van der Waals surface area contributed by atoms with E-state index < -0.39 is 6.04 Å². The van der Waals surface area contributed by atoms with Gasteiger partial charge in [0, 0.05) is 6.54 Å². The van der Waals surface area contributed by atoms with Gasteiger partial charge in [0.2, 0.25) is 0 Å². The summed E-state index contributed by atoms with van der Waals surface area (Å²) in [6.45, 7) is 2.79.